The molecule has 4 rings (SSSR count). The molecule has 7 heteroatoms. The van der Waals surface area contributed by atoms with E-state index in [1.54, 1.807) is 48.5 Å². The molecular formula is C48H62O7. The molecular weight excluding hydrogens is 689 g/mol. The highest BCUT2D eigenvalue weighted by Crippen LogP contribution is 2.45. The summed E-state index contributed by atoms with van der Waals surface area (Å²) in [5.41, 5.74) is 2.11. The first-order chi connectivity index (χ1) is 25.0. The fraction of sp³-hybridized carbons (Fsp3) is 0.458. The zero-order chi connectivity index (χ0) is 41.7. The second kappa shape index (κ2) is 14.7. The number of carbonyl (C=O) groups excluding carboxylic acids is 2. The van der Waals surface area contributed by atoms with Gasteiger partial charge in [0.05, 0.1) is 12.8 Å². The van der Waals surface area contributed by atoms with Gasteiger partial charge in [-0.3, -0.25) is 9.59 Å². The molecule has 0 amide bonds. The van der Waals surface area contributed by atoms with Gasteiger partial charge in [0, 0.05) is 10.8 Å². The van der Waals surface area contributed by atoms with Crippen LogP contribution in [0.4, 0.5) is 0 Å². The second-order valence-corrected chi connectivity index (χ2v) is 19.8. The monoisotopic (exact) mass is 750 g/mol. The van der Waals surface area contributed by atoms with Gasteiger partial charge in [0.25, 0.3) is 0 Å². The van der Waals surface area contributed by atoms with Crippen LogP contribution in [0.5, 0.6) is 23.0 Å². The van der Waals surface area contributed by atoms with Gasteiger partial charge in [0.2, 0.25) is 0 Å². The first-order valence-electron chi connectivity index (χ1n) is 19.1. The number of carbonyl (C=O) groups is 2. The van der Waals surface area contributed by atoms with Gasteiger partial charge in [0.15, 0.2) is 0 Å². The summed E-state index contributed by atoms with van der Waals surface area (Å²) >= 11 is 0. The first-order valence-corrected chi connectivity index (χ1v) is 19.1. The minimum absolute atomic E-state index is 0.143. The second-order valence-electron chi connectivity index (χ2n) is 19.8. The molecule has 0 bridgehead atoms. The van der Waals surface area contributed by atoms with Crippen LogP contribution in [0.1, 0.15) is 154 Å². The minimum Gasteiger partial charge on any atom is -0.508 e. The number of phenolic OH excluding ortho intramolecular Hbond substituents is 4. The Balaban J connectivity index is 1.82. The molecule has 0 spiro atoms. The topological polar surface area (TPSA) is 124 Å². The van der Waals surface area contributed by atoms with E-state index in [-0.39, 0.29) is 35.8 Å². The maximum Gasteiger partial charge on any atom is 0.314 e. The van der Waals surface area contributed by atoms with Crippen molar-refractivity contribution in [2.45, 2.75) is 142 Å². The zero-order valence-corrected chi connectivity index (χ0v) is 35.4. The SMILES string of the molecule is CC(C)(C)c1cc(C(C)(CC(=O)OC(=O)CC(C)(c2ccc(O)c(C(C)(C)C)c2)c2ccc(O)c(C(C)(C)C)c2)c2ccc(O)c(C(C)(C)C)c2)ccc1O. The van der Waals surface area contributed by atoms with Crippen molar-refractivity contribution < 1.29 is 34.8 Å². The molecule has 7 nitrogen and oxygen atoms in total. The molecule has 0 fully saturated rings. The van der Waals surface area contributed by atoms with Crippen molar-refractivity contribution in [1.29, 1.82) is 0 Å². The third-order valence-electron chi connectivity index (χ3n) is 11.0. The molecule has 0 radical (unpaired) electrons. The molecule has 0 unspecified atom stereocenters. The summed E-state index contributed by atoms with van der Waals surface area (Å²) in [4.78, 5) is 28.2. The number of rotatable bonds is 8. The maximum atomic E-state index is 14.1. The van der Waals surface area contributed by atoms with Gasteiger partial charge in [-0.05, 0) is 90.4 Å². The number of esters is 2. The Morgan fingerprint density at radius 3 is 0.782 bits per heavy atom. The van der Waals surface area contributed by atoms with Crippen LogP contribution < -0.4 is 0 Å². The predicted molar refractivity (Wildman–Crippen MR) is 220 cm³/mol. The van der Waals surface area contributed by atoms with Crippen molar-refractivity contribution >= 4 is 11.9 Å². The largest absolute Gasteiger partial charge is 0.508 e. The lowest BCUT2D eigenvalue weighted by atomic mass is 9.70. The molecule has 0 aromatic heterocycles. The highest BCUT2D eigenvalue weighted by Gasteiger charge is 2.39. The number of ether oxygens (including phenoxy) is 1. The van der Waals surface area contributed by atoms with Crippen LogP contribution >= 0.6 is 0 Å². The van der Waals surface area contributed by atoms with Crippen molar-refractivity contribution in [3.63, 3.8) is 0 Å². The van der Waals surface area contributed by atoms with Gasteiger partial charge >= 0.3 is 11.9 Å². The van der Waals surface area contributed by atoms with Crippen molar-refractivity contribution in [3.05, 3.63) is 117 Å². The van der Waals surface area contributed by atoms with Crippen molar-refractivity contribution in [2.75, 3.05) is 0 Å². The smallest absolute Gasteiger partial charge is 0.314 e. The lowest BCUT2D eigenvalue weighted by Crippen LogP contribution is -2.33. The van der Waals surface area contributed by atoms with Crippen molar-refractivity contribution in [1.82, 2.24) is 0 Å². The van der Waals surface area contributed by atoms with Crippen LogP contribution in [0, 0.1) is 0 Å². The Morgan fingerprint density at radius 2 is 0.600 bits per heavy atom. The fourth-order valence-electron chi connectivity index (χ4n) is 7.44. The van der Waals surface area contributed by atoms with Crippen LogP contribution in [0.3, 0.4) is 0 Å². The lowest BCUT2D eigenvalue weighted by molar-refractivity contribution is -0.160. The number of phenols is 4. The van der Waals surface area contributed by atoms with Gasteiger partial charge in [-0.2, -0.15) is 0 Å². The van der Waals surface area contributed by atoms with E-state index in [1.807, 2.05) is 121 Å². The van der Waals surface area contributed by atoms with E-state index in [4.69, 9.17) is 4.74 Å². The normalized spacial score (nSPS) is 13.1. The molecule has 0 saturated carbocycles. The van der Waals surface area contributed by atoms with Gasteiger partial charge in [-0.25, -0.2) is 0 Å². The van der Waals surface area contributed by atoms with E-state index in [0.29, 0.717) is 22.3 Å². The molecule has 0 aliphatic heterocycles. The highest BCUT2D eigenvalue weighted by molar-refractivity contribution is 5.87. The molecule has 55 heavy (non-hydrogen) atoms. The number of aromatic hydroxyl groups is 4. The minimum atomic E-state index is -1.03. The third-order valence-corrected chi connectivity index (χ3v) is 11.0. The third kappa shape index (κ3) is 9.20. The Bertz CT molecular complexity index is 1800. The highest BCUT2D eigenvalue weighted by atomic mass is 16.6. The summed E-state index contributed by atoms with van der Waals surface area (Å²) in [5, 5.41) is 43.4. The summed E-state index contributed by atoms with van der Waals surface area (Å²) in [6.45, 7) is 27.9. The lowest BCUT2D eigenvalue weighted by Gasteiger charge is -2.34. The van der Waals surface area contributed by atoms with Crippen LogP contribution in [-0.2, 0) is 46.8 Å². The molecule has 0 saturated heterocycles. The van der Waals surface area contributed by atoms with E-state index >= 15 is 0 Å². The number of hydrogen-bond acceptors (Lipinski definition) is 7. The van der Waals surface area contributed by atoms with Crippen LogP contribution in [0.2, 0.25) is 0 Å². The van der Waals surface area contributed by atoms with Gasteiger partial charge in [-0.15, -0.1) is 0 Å². The van der Waals surface area contributed by atoms with Gasteiger partial charge in [0.1, 0.15) is 23.0 Å². The van der Waals surface area contributed by atoms with E-state index in [0.717, 1.165) is 22.3 Å². The summed E-state index contributed by atoms with van der Waals surface area (Å²) in [5.74, 6) is -0.886. The Kier molecular flexibility index (Phi) is 11.5. The molecule has 4 aromatic rings. The number of benzene rings is 4. The van der Waals surface area contributed by atoms with E-state index < -0.39 is 44.4 Å². The maximum absolute atomic E-state index is 14.1. The van der Waals surface area contributed by atoms with E-state index in [9.17, 15) is 30.0 Å². The van der Waals surface area contributed by atoms with Crippen molar-refractivity contribution in [2.24, 2.45) is 0 Å². The Morgan fingerprint density at radius 1 is 0.400 bits per heavy atom. The average Bonchev–Trinajstić information content (AvgIpc) is 3.02. The Hall–Kier alpha value is -4.78. The zero-order valence-electron chi connectivity index (χ0n) is 35.4. The van der Waals surface area contributed by atoms with Gasteiger partial charge < -0.3 is 25.2 Å². The molecule has 0 atom stereocenters. The summed E-state index contributed by atoms with van der Waals surface area (Å²) in [6, 6.07) is 21.3. The summed E-state index contributed by atoms with van der Waals surface area (Å²) in [6.07, 6.45) is -0.419. The predicted octanol–water partition coefficient (Wildman–Crippen LogP) is 10.9. The fourth-order valence-corrected chi connectivity index (χ4v) is 7.44. The number of hydrogen-bond donors (Lipinski definition) is 4. The molecule has 4 aromatic carbocycles. The van der Waals surface area contributed by atoms with E-state index in [2.05, 4.69) is 0 Å². The van der Waals surface area contributed by atoms with Crippen LogP contribution in [-0.4, -0.2) is 32.4 Å². The molecule has 296 valence electrons. The van der Waals surface area contributed by atoms with Crippen LogP contribution in [0.25, 0.3) is 0 Å². The molecule has 0 aliphatic carbocycles. The average molecular weight is 751 g/mol. The molecule has 4 N–H and O–H groups in total. The summed E-state index contributed by atoms with van der Waals surface area (Å²) < 4.78 is 5.74. The standard InChI is InChI=1S/C48H62O7/c1-43(2,3)33-23-29(15-19-37(33)49)47(13,30-16-20-38(50)34(24-30)44(4,5)6)27-41(53)55-42(54)28-48(14,31-17-21-39(51)35(25-31)45(7,8)9)32-18-22-40(52)36(26-32)46(10,11)12/h15-26,49-52H,27-28H2,1-14H3. The Labute approximate surface area is 328 Å². The van der Waals surface area contributed by atoms with Crippen molar-refractivity contribution in [3.8, 4) is 23.0 Å². The van der Waals surface area contributed by atoms with E-state index in [1.165, 1.54) is 0 Å². The molecule has 0 aliphatic rings. The molecule has 0 heterocycles. The quantitative estimate of drug-likeness (QED) is 0.104. The first kappa shape index (κ1) is 43.0. The summed E-state index contributed by atoms with van der Waals surface area (Å²) in [7, 11) is 0. The van der Waals surface area contributed by atoms with Gasteiger partial charge in [-0.1, -0.05) is 145 Å². The van der Waals surface area contributed by atoms with Crippen LogP contribution in [0.15, 0.2) is 72.8 Å².